The summed E-state index contributed by atoms with van der Waals surface area (Å²) in [6.07, 6.45) is 6.87. The lowest BCUT2D eigenvalue weighted by Gasteiger charge is -2.08. The van der Waals surface area contributed by atoms with Crippen molar-refractivity contribution >= 4 is 22.5 Å². The number of carbonyl (C=O) groups is 1. The fourth-order valence-electron chi connectivity index (χ4n) is 3.99. The number of halogens is 1. The number of aryl methyl sites for hydroxylation is 1. The molecule has 5 aromatic rings. The molecule has 8 nitrogen and oxygen atoms in total. The predicted molar refractivity (Wildman–Crippen MR) is 131 cm³/mol. The molecule has 0 aliphatic rings. The molecule has 0 radical (unpaired) electrons. The Hall–Kier alpha value is -4.53. The van der Waals surface area contributed by atoms with Gasteiger partial charge in [-0.15, -0.1) is 0 Å². The number of anilines is 1. The molecule has 0 aliphatic carbocycles. The quantitative estimate of drug-likeness (QED) is 0.378. The lowest BCUT2D eigenvalue weighted by atomic mass is 10.1. The van der Waals surface area contributed by atoms with Crippen LogP contribution in [0.2, 0.25) is 0 Å². The number of rotatable bonds is 7. The Balaban J connectivity index is 1.24. The van der Waals surface area contributed by atoms with Gasteiger partial charge in [0.05, 0.1) is 6.54 Å². The third kappa shape index (κ3) is 4.74. The van der Waals surface area contributed by atoms with Crippen molar-refractivity contribution in [3.8, 4) is 0 Å². The number of amides is 1. The van der Waals surface area contributed by atoms with Gasteiger partial charge < -0.3 is 15.6 Å². The molecule has 0 aliphatic heterocycles. The number of fused-ring (bicyclic) bond motifs is 1. The van der Waals surface area contributed by atoms with Crippen molar-refractivity contribution in [1.82, 2.24) is 29.6 Å². The monoisotopic (exact) mass is 469 g/mol. The number of nitrogen functional groups attached to an aromatic ring is 1. The summed E-state index contributed by atoms with van der Waals surface area (Å²) in [5.74, 6) is 0.200. The minimum absolute atomic E-state index is 0.0342. The van der Waals surface area contributed by atoms with Crippen molar-refractivity contribution in [3.05, 3.63) is 107 Å². The van der Waals surface area contributed by atoms with Crippen LogP contribution in [0.4, 0.5) is 10.2 Å². The first-order chi connectivity index (χ1) is 17.0. The van der Waals surface area contributed by atoms with Crippen LogP contribution in [0.3, 0.4) is 0 Å². The number of hydrogen-bond donors (Lipinski definition) is 2. The van der Waals surface area contributed by atoms with E-state index in [0.29, 0.717) is 29.4 Å². The van der Waals surface area contributed by atoms with E-state index < -0.39 is 5.82 Å². The van der Waals surface area contributed by atoms with E-state index in [2.05, 4.69) is 44.6 Å². The number of hydrogen-bond acceptors (Lipinski definition) is 5. The van der Waals surface area contributed by atoms with E-state index in [9.17, 15) is 9.18 Å². The van der Waals surface area contributed by atoms with Crippen LogP contribution in [-0.2, 0) is 19.6 Å². The van der Waals surface area contributed by atoms with Crippen LogP contribution in [0.5, 0.6) is 0 Å². The first kappa shape index (κ1) is 22.3. The average molecular weight is 470 g/mol. The van der Waals surface area contributed by atoms with E-state index in [1.807, 2.05) is 28.4 Å². The van der Waals surface area contributed by atoms with Gasteiger partial charge in [0, 0.05) is 54.2 Å². The van der Waals surface area contributed by atoms with Gasteiger partial charge in [0.2, 0.25) is 0 Å². The molecular formula is C26H24FN7O. The standard InChI is InChI=1S/C26H24FN7O/c1-17-32-23(16-33(17)14-18-3-5-19(6-4-18)15-34-12-2-10-31-34)26(35)30-13-20-7-8-22-21(24(20)27)9-11-29-25(22)28/h2-12,16H,13-15H2,1H3,(H2,28,29)(H,30,35). The summed E-state index contributed by atoms with van der Waals surface area (Å²) in [5, 5.41) is 7.91. The van der Waals surface area contributed by atoms with Gasteiger partial charge >= 0.3 is 0 Å². The number of aromatic nitrogens is 5. The number of nitrogens with two attached hydrogens (primary N) is 1. The normalized spacial score (nSPS) is 11.1. The van der Waals surface area contributed by atoms with Crippen molar-refractivity contribution in [3.63, 3.8) is 0 Å². The van der Waals surface area contributed by atoms with E-state index in [4.69, 9.17) is 5.73 Å². The van der Waals surface area contributed by atoms with Gasteiger partial charge in [-0.25, -0.2) is 14.4 Å². The SMILES string of the molecule is Cc1nc(C(=O)NCc2ccc3c(N)nccc3c2F)cn1Cc1ccc(Cn2cccn2)cc1. The largest absolute Gasteiger partial charge is 0.383 e. The van der Waals surface area contributed by atoms with Crippen LogP contribution in [0.25, 0.3) is 10.8 Å². The van der Waals surface area contributed by atoms with Gasteiger partial charge in [0.15, 0.2) is 0 Å². The molecule has 3 heterocycles. The number of nitrogens with zero attached hydrogens (tertiary/aromatic N) is 5. The van der Waals surface area contributed by atoms with E-state index >= 15 is 0 Å². The highest BCUT2D eigenvalue weighted by Crippen LogP contribution is 2.24. The Morgan fingerprint density at radius 3 is 2.54 bits per heavy atom. The highest BCUT2D eigenvalue weighted by Gasteiger charge is 2.15. The van der Waals surface area contributed by atoms with Crippen LogP contribution >= 0.6 is 0 Å². The summed E-state index contributed by atoms with van der Waals surface area (Å²) in [4.78, 5) is 21.1. The van der Waals surface area contributed by atoms with Gasteiger partial charge in [-0.3, -0.25) is 9.48 Å². The highest BCUT2D eigenvalue weighted by atomic mass is 19.1. The Morgan fingerprint density at radius 1 is 1.03 bits per heavy atom. The number of carbonyl (C=O) groups excluding carboxylic acids is 1. The molecule has 0 atom stereocenters. The predicted octanol–water partition coefficient (Wildman–Crippen LogP) is 3.68. The van der Waals surface area contributed by atoms with Gasteiger partial charge in [-0.05, 0) is 30.2 Å². The first-order valence-electron chi connectivity index (χ1n) is 11.2. The van der Waals surface area contributed by atoms with E-state index in [0.717, 1.165) is 17.0 Å². The molecule has 0 unspecified atom stereocenters. The fraction of sp³-hybridized carbons (Fsp3) is 0.154. The molecule has 0 spiro atoms. The molecule has 3 N–H and O–H groups in total. The Kier molecular flexibility index (Phi) is 5.97. The Labute approximate surface area is 201 Å². The lowest BCUT2D eigenvalue weighted by molar-refractivity contribution is 0.0946. The maximum absolute atomic E-state index is 14.9. The smallest absolute Gasteiger partial charge is 0.271 e. The molecule has 5 rings (SSSR count). The van der Waals surface area contributed by atoms with Gasteiger partial charge in [-0.1, -0.05) is 36.4 Å². The first-order valence-corrected chi connectivity index (χ1v) is 11.2. The second-order valence-corrected chi connectivity index (χ2v) is 8.33. The van der Waals surface area contributed by atoms with Crippen LogP contribution in [-0.4, -0.2) is 30.2 Å². The van der Waals surface area contributed by atoms with Crippen molar-refractivity contribution in [2.75, 3.05) is 5.73 Å². The number of imidazole rings is 1. The summed E-state index contributed by atoms with van der Waals surface area (Å²) in [7, 11) is 0. The van der Waals surface area contributed by atoms with E-state index in [1.54, 1.807) is 30.6 Å². The summed E-state index contributed by atoms with van der Waals surface area (Å²) in [6, 6.07) is 15.0. The summed E-state index contributed by atoms with van der Waals surface area (Å²) >= 11 is 0. The van der Waals surface area contributed by atoms with Gasteiger partial charge in [0.25, 0.3) is 5.91 Å². The van der Waals surface area contributed by atoms with Crippen LogP contribution in [0.1, 0.15) is 33.0 Å². The Morgan fingerprint density at radius 2 is 1.80 bits per heavy atom. The van der Waals surface area contributed by atoms with Crippen LogP contribution < -0.4 is 11.1 Å². The molecule has 0 saturated carbocycles. The summed E-state index contributed by atoms with van der Waals surface area (Å²) in [6.45, 7) is 3.18. The molecule has 176 valence electrons. The summed E-state index contributed by atoms with van der Waals surface area (Å²) in [5.41, 5.74) is 8.71. The third-order valence-electron chi connectivity index (χ3n) is 5.92. The van der Waals surface area contributed by atoms with Gasteiger partial charge in [0.1, 0.15) is 23.2 Å². The number of benzene rings is 2. The zero-order chi connectivity index (χ0) is 24.4. The minimum atomic E-state index is -0.422. The van der Waals surface area contributed by atoms with Crippen LogP contribution in [0, 0.1) is 12.7 Å². The second kappa shape index (κ2) is 9.38. The topological polar surface area (TPSA) is 104 Å². The van der Waals surface area contributed by atoms with Crippen molar-refractivity contribution in [2.45, 2.75) is 26.6 Å². The Bertz CT molecular complexity index is 1490. The number of nitrogens with one attached hydrogen (secondary N) is 1. The van der Waals surface area contributed by atoms with Gasteiger partial charge in [-0.2, -0.15) is 5.10 Å². The number of pyridine rings is 1. The molecule has 2 aromatic carbocycles. The van der Waals surface area contributed by atoms with Crippen molar-refractivity contribution < 1.29 is 9.18 Å². The van der Waals surface area contributed by atoms with Crippen molar-refractivity contribution in [2.24, 2.45) is 0 Å². The average Bonchev–Trinajstić information content (AvgIpc) is 3.50. The maximum atomic E-state index is 14.9. The van der Waals surface area contributed by atoms with Crippen molar-refractivity contribution in [1.29, 1.82) is 0 Å². The van der Waals surface area contributed by atoms with E-state index in [1.165, 1.54) is 6.20 Å². The molecule has 1 amide bonds. The molecule has 0 saturated heterocycles. The zero-order valence-corrected chi connectivity index (χ0v) is 19.1. The van der Waals surface area contributed by atoms with Crippen LogP contribution in [0.15, 0.2) is 73.3 Å². The summed E-state index contributed by atoms with van der Waals surface area (Å²) < 4.78 is 18.7. The maximum Gasteiger partial charge on any atom is 0.271 e. The minimum Gasteiger partial charge on any atom is -0.383 e. The zero-order valence-electron chi connectivity index (χ0n) is 19.1. The highest BCUT2D eigenvalue weighted by molar-refractivity contribution is 5.93. The van der Waals surface area contributed by atoms with E-state index in [-0.39, 0.29) is 24.0 Å². The molecule has 3 aromatic heterocycles. The fourth-order valence-corrected chi connectivity index (χ4v) is 3.99. The molecule has 9 heteroatoms. The second-order valence-electron chi connectivity index (χ2n) is 8.33. The lowest BCUT2D eigenvalue weighted by Crippen LogP contribution is -2.23. The molecule has 0 fully saturated rings. The molecule has 35 heavy (non-hydrogen) atoms. The third-order valence-corrected chi connectivity index (χ3v) is 5.92. The molecular weight excluding hydrogens is 445 g/mol. The molecule has 0 bridgehead atoms.